The van der Waals surface area contributed by atoms with E-state index in [0.717, 1.165) is 10.9 Å². The highest BCUT2D eigenvalue weighted by molar-refractivity contribution is 6.35. The Kier molecular flexibility index (Phi) is 2.27. The van der Waals surface area contributed by atoms with E-state index in [1.165, 1.54) is 5.69 Å². The standard InChI is InChI=1S/C12H15ClN2/c1-12(2,3)10-5-8-6-14-7-9(13)11(8)15(10)4/h5-7H,1-4H3. The van der Waals surface area contributed by atoms with Gasteiger partial charge in [0.15, 0.2) is 0 Å². The molecule has 3 heteroatoms. The van der Waals surface area contributed by atoms with Crippen molar-refractivity contribution in [2.24, 2.45) is 7.05 Å². The number of aryl methyl sites for hydroxylation is 1. The first-order valence-electron chi connectivity index (χ1n) is 5.00. The van der Waals surface area contributed by atoms with Crippen LogP contribution in [0, 0.1) is 0 Å². The number of rotatable bonds is 0. The lowest BCUT2D eigenvalue weighted by Gasteiger charge is -2.19. The van der Waals surface area contributed by atoms with Gasteiger partial charge in [0, 0.05) is 35.9 Å². The maximum atomic E-state index is 6.14. The van der Waals surface area contributed by atoms with Crippen molar-refractivity contribution in [3.05, 3.63) is 29.2 Å². The van der Waals surface area contributed by atoms with E-state index in [9.17, 15) is 0 Å². The van der Waals surface area contributed by atoms with Crippen molar-refractivity contribution in [2.45, 2.75) is 26.2 Å². The van der Waals surface area contributed by atoms with Gasteiger partial charge in [-0.2, -0.15) is 0 Å². The number of pyridine rings is 1. The highest BCUT2D eigenvalue weighted by Gasteiger charge is 2.20. The minimum Gasteiger partial charge on any atom is -0.346 e. The molecule has 0 unspecified atom stereocenters. The van der Waals surface area contributed by atoms with Gasteiger partial charge in [-0.3, -0.25) is 4.98 Å². The average molecular weight is 223 g/mol. The van der Waals surface area contributed by atoms with E-state index in [-0.39, 0.29) is 5.41 Å². The molecule has 80 valence electrons. The molecule has 2 aromatic rings. The minimum atomic E-state index is 0.122. The molecule has 0 radical (unpaired) electrons. The van der Waals surface area contributed by atoms with Gasteiger partial charge in [0.2, 0.25) is 0 Å². The molecule has 15 heavy (non-hydrogen) atoms. The maximum Gasteiger partial charge on any atom is 0.0832 e. The molecule has 2 rings (SSSR count). The van der Waals surface area contributed by atoms with Crippen LogP contribution in [0.3, 0.4) is 0 Å². The topological polar surface area (TPSA) is 17.8 Å². The molecule has 0 bridgehead atoms. The molecule has 0 saturated carbocycles. The van der Waals surface area contributed by atoms with Gasteiger partial charge in [-0.15, -0.1) is 0 Å². The van der Waals surface area contributed by atoms with Gasteiger partial charge in [0.05, 0.1) is 10.5 Å². The molecule has 2 aromatic heterocycles. The van der Waals surface area contributed by atoms with Gasteiger partial charge < -0.3 is 4.57 Å². The number of hydrogen-bond donors (Lipinski definition) is 0. The number of hydrogen-bond acceptors (Lipinski definition) is 1. The van der Waals surface area contributed by atoms with Crippen LogP contribution in [0.5, 0.6) is 0 Å². The van der Waals surface area contributed by atoms with Gasteiger partial charge in [-0.05, 0) is 6.07 Å². The average Bonchev–Trinajstić information content (AvgIpc) is 2.44. The van der Waals surface area contributed by atoms with Crippen molar-refractivity contribution in [2.75, 3.05) is 0 Å². The van der Waals surface area contributed by atoms with Gasteiger partial charge >= 0.3 is 0 Å². The summed E-state index contributed by atoms with van der Waals surface area (Å²) in [5.41, 5.74) is 2.46. The fraction of sp³-hybridized carbons (Fsp3) is 0.417. The number of aromatic nitrogens is 2. The summed E-state index contributed by atoms with van der Waals surface area (Å²) in [4.78, 5) is 4.10. The van der Waals surface area contributed by atoms with Crippen LogP contribution in [0.2, 0.25) is 5.02 Å². The van der Waals surface area contributed by atoms with Crippen LogP contribution >= 0.6 is 11.6 Å². The van der Waals surface area contributed by atoms with E-state index in [1.54, 1.807) is 6.20 Å². The molecule has 0 aliphatic carbocycles. The molecule has 0 aromatic carbocycles. The molecule has 0 atom stereocenters. The van der Waals surface area contributed by atoms with Crippen LogP contribution in [0.25, 0.3) is 10.9 Å². The predicted molar refractivity (Wildman–Crippen MR) is 64.4 cm³/mol. The van der Waals surface area contributed by atoms with Crippen LogP contribution < -0.4 is 0 Å². The molecule has 0 N–H and O–H groups in total. The fourth-order valence-corrected chi connectivity index (χ4v) is 2.28. The van der Waals surface area contributed by atoms with E-state index in [0.29, 0.717) is 5.02 Å². The molecular formula is C12H15ClN2. The normalized spacial score (nSPS) is 12.3. The van der Waals surface area contributed by atoms with Crippen LogP contribution in [-0.4, -0.2) is 9.55 Å². The molecule has 0 spiro atoms. The van der Waals surface area contributed by atoms with E-state index < -0.39 is 0 Å². The first kappa shape index (κ1) is 10.5. The molecule has 0 aliphatic heterocycles. The SMILES string of the molecule is Cn1c(C(C)(C)C)cc2cncc(Cl)c21. The first-order valence-corrected chi connectivity index (χ1v) is 5.38. The summed E-state index contributed by atoms with van der Waals surface area (Å²) in [7, 11) is 2.05. The highest BCUT2D eigenvalue weighted by Crippen LogP contribution is 2.31. The summed E-state index contributed by atoms with van der Waals surface area (Å²) < 4.78 is 2.15. The zero-order chi connectivity index (χ0) is 11.2. The summed E-state index contributed by atoms with van der Waals surface area (Å²) in [6.45, 7) is 6.59. The molecule has 2 nitrogen and oxygen atoms in total. The van der Waals surface area contributed by atoms with Gasteiger partial charge in [0.1, 0.15) is 0 Å². The largest absolute Gasteiger partial charge is 0.346 e. The third-order valence-electron chi connectivity index (χ3n) is 2.66. The number of halogens is 1. The smallest absolute Gasteiger partial charge is 0.0832 e. The quantitative estimate of drug-likeness (QED) is 0.667. The summed E-state index contributed by atoms with van der Waals surface area (Å²) >= 11 is 6.14. The number of fused-ring (bicyclic) bond motifs is 1. The third kappa shape index (κ3) is 1.63. The lowest BCUT2D eigenvalue weighted by atomic mass is 9.92. The zero-order valence-electron chi connectivity index (χ0n) is 9.50. The van der Waals surface area contributed by atoms with E-state index in [4.69, 9.17) is 11.6 Å². The van der Waals surface area contributed by atoms with Crippen molar-refractivity contribution in [3.8, 4) is 0 Å². The second kappa shape index (κ2) is 3.24. The minimum absolute atomic E-state index is 0.122. The van der Waals surface area contributed by atoms with Gasteiger partial charge in [-0.1, -0.05) is 32.4 Å². The highest BCUT2D eigenvalue weighted by atomic mass is 35.5. The van der Waals surface area contributed by atoms with Crippen LogP contribution in [0.1, 0.15) is 26.5 Å². The second-order valence-corrected chi connectivity index (χ2v) is 5.30. The van der Waals surface area contributed by atoms with Crippen molar-refractivity contribution in [3.63, 3.8) is 0 Å². The molecule has 0 fully saturated rings. The predicted octanol–water partition coefficient (Wildman–Crippen LogP) is 3.52. The molecular weight excluding hydrogens is 208 g/mol. The molecule has 0 aliphatic rings. The Balaban J connectivity index is 2.82. The Morgan fingerprint density at radius 2 is 1.93 bits per heavy atom. The first-order chi connectivity index (χ1) is 6.91. The summed E-state index contributed by atoms with van der Waals surface area (Å²) in [6.07, 6.45) is 3.55. The van der Waals surface area contributed by atoms with Crippen molar-refractivity contribution in [1.82, 2.24) is 9.55 Å². The molecule has 0 amide bonds. The van der Waals surface area contributed by atoms with Crippen molar-refractivity contribution in [1.29, 1.82) is 0 Å². The van der Waals surface area contributed by atoms with E-state index in [2.05, 4.69) is 43.4 Å². The Morgan fingerprint density at radius 3 is 2.47 bits per heavy atom. The summed E-state index contributed by atoms with van der Waals surface area (Å²) in [6, 6.07) is 2.16. The third-order valence-corrected chi connectivity index (χ3v) is 2.94. The van der Waals surface area contributed by atoms with Crippen LogP contribution in [0.4, 0.5) is 0 Å². The van der Waals surface area contributed by atoms with Crippen molar-refractivity contribution < 1.29 is 0 Å². The Hall–Kier alpha value is -1.02. The molecule has 0 saturated heterocycles. The summed E-state index contributed by atoms with van der Waals surface area (Å²) in [5, 5.41) is 1.82. The number of nitrogens with zero attached hydrogens (tertiary/aromatic N) is 2. The van der Waals surface area contributed by atoms with E-state index in [1.807, 2.05) is 6.20 Å². The van der Waals surface area contributed by atoms with Crippen LogP contribution in [-0.2, 0) is 12.5 Å². The maximum absolute atomic E-state index is 6.14. The zero-order valence-corrected chi connectivity index (χ0v) is 10.3. The van der Waals surface area contributed by atoms with Gasteiger partial charge in [0.25, 0.3) is 0 Å². The second-order valence-electron chi connectivity index (χ2n) is 4.90. The van der Waals surface area contributed by atoms with Crippen LogP contribution in [0.15, 0.2) is 18.5 Å². The Bertz CT molecular complexity index is 506. The molecule has 2 heterocycles. The lowest BCUT2D eigenvalue weighted by Crippen LogP contribution is -2.15. The van der Waals surface area contributed by atoms with Crippen molar-refractivity contribution >= 4 is 22.5 Å². The lowest BCUT2D eigenvalue weighted by molar-refractivity contribution is 0.547. The van der Waals surface area contributed by atoms with E-state index >= 15 is 0 Å². The fourth-order valence-electron chi connectivity index (χ4n) is 1.99. The van der Waals surface area contributed by atoms with Gasteiger partial charge in [-0.25, -0.2) is 0 Å². The summed E-state index contributed by atoms with van der Waals surface area (Å²) in [5.74, 6) is 0. The Morgan fingerprint density at radius 1 is 1.27 bits per heavy atom. The Labute approximate surface area is 94.9 Å². The monoisotopic (exact) mass is 222 g/mol.